The van der Waals surface area contributed by atoms with Crippen molar-refractivity contribution in [1.82, 2.24) is 0 Å². The molecule has 0 radical (unpaired) electrons. The van der Waals surface area contributed by atoms with Crippen molar-refractivity contribution in [2.75, 3.05) is 0 Å². The third kappa shape index (κ3) is 3.75. The number of hydrogen-bond acceptors (Lipinski definition) is 1. The molecule has 258 valence electrons. The lowest BCUT2D eigenvalue weighted by Crippen LogP contribution is -2.26. The zero-order chi connectivity index (χ0) is 36.5. The number of benzene rings is 10. The Morgan fingerprint density at radius 3 is 1.70 bits per heavy atom. The Kier molecular flexibility index (Phi) is 5.89. The van der Waals surface area contributed by atoms with Gasteiger partial charge in [-0.3, -0.25) is 0 Å². The van der Waals surface area contributed by atoms with Gasteiger partial charge in [0.2, 0.25) is 0 Å². The van der Waals surface area contributed by atoms with Gasteiger partial charge in [-0.25, -0.2) is 0 Å². The van der Waals surface area contributed by atoms with Crippen molar-refractivity contribution in [2.24, 2.45) is 0 Å². The third-order valence-corrected chi connectivity index (χ3v) is 12.8. The molecule has 0 fully saturated rings. The van der Waals surface area contributed by atoms with Gasteiger partial charge in [-0.2, -0.15) is 0 Å². The minimum atomic E-state index is -0.531. The van der Waals surface area contributed by atoms with Crippen molar-refractivity contribution in [3.8, 4) is 44.5 Å². The normalized spacial score (nSPS) is 13.5. The molecule has 1 heterocycles. The molecule has 0 N–H and O–H groups in total. The molecule has 1 aromatic heterocycles. The first kappa shape index (κ1) is 30.1. The Bertz CT molecular complexity index is 3440. The van der Waals surface area contributed by atoms with Crippen molar-refractivity contribution in [1.29, 1.82) is 0 Å². The molecular formula is C55H32O. The fourth-order valence-corrected chi connectivity index (χ4v) is 10.7. The lowest BCUT2D eigenvalue weighted by Gasteiger charge is -2.32. The summed E-state index contributed by atoms with van der Waals surface area (Å²) in [6, 6.07) is 72.2. The molecule has 1 spiro atoms. The van der Waals surface area contributed by atoms with Gasteiger partial charge in [-0.15, -0.1) is 0 Å². The summed E-state index contributed by atoms with van der Waals surface area (Å²) >= 11 is 0. The van der Waals surface area contributed by atoms with Crippen LogP contribution in [0, 0.1) is 0 Å². The van der Waals surface area contributed by atoms with E-state index in [0.29, 0.717) is 0 Å². The molecule has 1 heteroatoms. The van der Waals surface area contributed by atoms with Crippen LogP contribution in [0.5, 0.6) is 0 Å². The maximum Gasteiger partial charge on any atom is 0.143 e. The number of furan rings is 1. The minimum Gasteiger partial charge on any atom is -0.455 e. The second-order valence-corrected chi connectivity index (χ2v) is 15.5. The van der Waals surface area contributed by atoms with E-state index in [0.717, 1.165) is 27.3 Å². The number of hydrogen-bond donors (Lipinski definition) is 0. The van der Waals surface area contributed by atoms with Crippen molar-refractivity contribution >= 4 is 54.3 Å². The maximum atomic E-state index is 6.78. The van der Waals surface area contributed by atoms with Gasteiger partial charge in [-0.05, 0) is 118 Å². The van der Waals surface area contributed by atoms with Crippen molar-refractivity contribution in [3.05, 3.63) is 216 Å². The quantitative estimate of drug-likeness (QED) is 0.174. The number of rotatable bonds is 2. The van der Waals surface area contributed by atoms with E-state index in [2.05, 4.69) is 194 Å². The predicted octanol–water partition coefficient (Wildman–Crippen LogP) is 14.7. The van der Waals surface area contributed by atoms with Crippen LogP contribution in [0.4, 0.5) is 0 Å². The minimum absolute atomic E-state index is 0.531. The summed E-state index contributed by atoms with van der Waals surface area (Å²) in [5, 5.41) is 9.66. The second kappa shape index (κ2) is 10.9. The summed E-state index contributed by atoms with van der Waals surface area (Å²) in [5.41, 5.74) is 16.8. The molecule has 0 bridgehead atoms. The molecule has 1 nitrogen and oxygen atoms in total. The van der Waals surface area contributed by atoms with E-state index in [-0.39, 0.29) is 0 Å². The zero-order valence-corrected chi connectivity index (χ0v) is 30.4. The maximum absolute atomic E-state index is 6.78. The van der Waals surface area contributed by atoms with E-state index in [1.54, 1.807) is 0 Å². The van der Waals surface area contributed by atoms with Crippen LogP contribution < -0.4 is 0 Å². The summed E-state index contributed by atoms with van der Waals surface area (Å²) in [7, 11) is 0. The van der Waals surface area contributed by atoms with Gasteiger partial charge in [0.25, 0.3) is 0 Å². The van der Waals surface area contributed by atoms with Crippen molar-refractivity contribution < 1.29 is 4.42 Å². The first-order valence-electron chi connectivity index (χ1n) is 19.5. The SMILES string of the molecule is c1ccc2c(c1)-c1ccccc1C21c2cc(-c3cccc4oc5c6ccccc6ccc5c34)cc(-c3cccc4ccccc34)c2-c2ccc3ccccc3c21. The Morgan fingerprint density at radius 2 is 0.911 bits per heavy atom. The molecule has 0 amide bonds. The first-order valence-corrected chi connectivity index (χ1v) is 19.5. The molecule has 2 aliphatic rings. The Labute approximate surface area is 323 Å². The average Bonchev–Trinajstić information content (AvgIpc) is 3.90. The van der Waals surface area contributed by atoms with Gasteiger partial charge in [0, 0.05) is 16.2 Å². The van der Waals surface area contributed by atoms with Crippen molar-refractivity contribution in [2.45, 2.75) is 5.41 Å². The Morgan fingerprint density at radius 1 is 0.339 bits per heavy atom. The summed E-state index contributed by atoms with van der Waals surface area (Å²) < 4.78 is 6.78. The van der Waals surface area contributed by atoms with Crippen LogP contribution in [0.3, 0.4) is 0 Å². The van der Waals surface area contributed by atoms with Crippen LogP contribution in [0.15, 0.2) is 199 Å². The van der Waals surface area contributed by atoms with Gasteiger partial charge in [0.05, 0.1) is 5.41 Å². The molecule has 0 aliphatic heterocycles. The summed E-state index contributed by atoms with van der Waals surface area (Å²) in [6.07, 6.45) is 0. The van der Waals surface area contributed by atoms with E-state index < -0.39 is 5.41 Å². The van der Waals surface area contributed by atoms with Gasteiger partial charge in [-0.1, -0.05) is 170 Å². The summed E-state index contributed by atoms with van der Waals surface area (Å²) in [5.74, 6) is 0. The predicted molar refractivity (Wildman–Crippen MR) is 233 cm³/mol. The summed E-state index contributed by atoms with van der Waals surface area (Å²) in [6.45, 7) is 0. The lowest BCUT2D eigenvalue weighted by atomic mass is 9.69. The monoisotopic (exact) mass is 708 g/mol. The Hall–Kier alpha value is -7.22. The molecule has 2 aliphatic carbocycles. The average molecular weight is 709 g/mol. The van der Waals surface area contributed by atoms with E-state index in [9.17, 15) is 0 Å². The molecule has 0 unspecified atom stereocenters. The molecule has 0 atom stereocenters. The molecule has 13 rings (SSSR count). The third-order valence-electron chi connectivity index (χ3n) is 12.8. The lowest BCUT2D eigenvalue weighted by molar-refractivity contribution is 0.673. The molecule has 11 aromatic rings. The Balaban J connectivity index is 1.24. The topological polar surface area (TPSA) is 13.1 Å². The highest BCUT2D eigenvalue weighted by Gasteiger charge is 2.53. The van der Waals surface area contributed by atoms with Crippen LogP contribution in [0.1, 0.15) is 22.3 Å². The standard InChI is InChI=1S/C55H32O/c1-4-17-37-33(13-1)16-11-23-41(37)46-31-36(38-22-12-26-50-52(38)45-30-28-35-15-3-6-19-40(35)54(45)56-50)32-49-51(46)44-29-27-34-14-2-5-18-39(34)53(44)55(49)47-24-9-7-20-42(47)43-21-8-10-25-48(43)55/h1-32H. The molecule has 0 saturated heterocycles. The van der Waals surface area contributed by atoms with E-state index in [1.165, 1.54) is 93.7 Å². The highest BCUT2D eigenvalue weighted by atomic mass is 16.3. The smallest absolute Gasteiger partial charge is 0.143 e. The zero-order valence-electron chi connectivity index (χ0n) is 30.4. The van der Waals surface area contributed by atoms with E-state index in [4.69, 9.17) is 4.42 Å². The van der Waals surface area contributed by atoms with Crippen LogP contribution >= 0.6 is 0 Å². The van der Waals surface area contributed by atoms with Crippen LogP contribution in [0.2, 0.25) is 0 Å². The van der Waals surface area contributed by atoms with E-state index >= 15 is 0 Å². The molecule has 10 aromatic carbocycles. The summed E-state index contributed by atoms with van der Waals surface area (Å²) in [4.78, 5) is 0. The fourth-order valence-electron chi connectivity index (χ4n) is 10.7. The van der Waals surface area contributed by atoms with Crippen molar-refractivity contribution in [3.63, 3.8) is 0 Å². The number of fused-ring (bicyclic) bond motifs is 18. The molecular weight excluding hydrogens is 677 g/mol. The van der Waals surface area contributed by atoms with Gasteiger partial charge in [0.15, 0.2) is 0 Å². The van der Waals surface area contributed by atoms with Crippen LogP contribution in [-0.2, 0) is 5.41 Å². The fraction of sp³-hybridized carbons (Fsp3) is 0.0182. The molecule has 56 heavy (non-hydrogen) atoms. The van der Waals surface area contributed by atoms with E-state index in [1.807, 2.05) is 0 Å². The second-order valence-electron chi connectivity index (χ2n) is 15.5. The van der Waals surface area contributed by atoms with Gasteiger partial charge >= 0.3 is 0 Å². The van der Waals surface area contributed by atoms with Gasteiger partial charge in [0.1, 0.15) is 11.2 Å². The van der Waals surface area contributed by atoms with Crippen LogP contribution in [-0.4, -0.2) is 0 Å². The molecule has 0 saturated carbocycles. The first-order chi connectivity index (χ1) is 27.8. The largest absolute Gasteiger partial charge is 0.455 e. The highest BCUT2D eigenvalue weighted by molar-refractivity contribution is 6.20. The highest BCUT2D eigenvalue weighted by Crippen LogP contribution is 2.66. The van der Waals surface area contributed by atoms with Crippen LogP contribution in [0.25, 0.3) is 98.8 Å². The van der Waals surface area contributed by atoms with Gasteiger partial charge < -0.3 is 4.42 Å².